The quantitative estimate of drug-likeness (QED) is 0.850. The maximum atomic E-state index is 14.0. The van der Waals surface area contributed by atoms with E-state index in [-0.39, 0.29) is 42.9 Å². The van der Waals surface area contributed by atoms with Crippen LogP contribution in [0.4, 0.5) is 4.39 Å². The first-order valence-corrected chi connectivity index (χ1v) is 5.50. The normalized spacial score (nSPS) is 19.1. The van der Waals surface area contributed by atoms with Gasteiger partial charge >= 0.3 is 0 Å². The number of halogens is 1. The van der Waals surface area contributed by atoms with Crippen molar-refractivity contribution in [1.29, 1.82) is 0 Å². The lowest BCUT2D eigenvalue weighted by Crippen LogP contribution is -2.32. The molecule has 0 unspecified atom stereocenters. The molecule has 1 aromatic rings. The van der Waals surface area contributed by atoms with E-state index in [9.17, 15) is 14.3 Å². The smallest absolute Gasteiger partial charge is 0.250 e. The van der Waals surface area contributed by atoms with Crippen LogP contribution >= 0.6 is 0 Å². The van der Waals surface area contributed by atoms with Gasteiger partial charge in [0.2, 0.25) is 5.88 Å². The minimum absolute atomic E-state index is 0.108. The number of Topliss-reactive ketones (excluding diaryl/α,β-unsaturated/α-hetero) is 1. The summed E-state index contributed by atoms with van der Waals surface area (Å²) in [4.78, 5) is 14.9. The lowest BCUT2D eigenvalue weighted by atomic mass is 9.79. The Balaban J connectivity index is 2.36. The number of hydrogen-bond acceptors (Lipinski definition) is 4. The van der Waals surface area contributed by atoms with Crippen LogP contribution in [-0.4, -0.2) is 23.0 Å². The fourth-order valence-corrected chi connectivity index (χ4v) is 2.14. The number of aliphatic hydroxyl groups is 1. The molecule has 1 aliphatic rings. The van der Waals surface area contributed by atoms with Crippen LogP contribution < -0.4 is 4.74 Å². The summed E-state index contributed by atoms with van der Waals surface area (Å²) in [6.07, 6.45) is 2.44. The van der Waals surface area contributed by atoms with Gasteiger partial charge in [-0.15, -0.1) is 0 Å². The SMILES string of the molecule is COc1nccc(C2(O)CCC(=O)CC2)c1F. The van der Waals surface area contributed by atoms with E-state index in [2.05, 4.69) is 4.98 Å². The van der Waals surface area contributed by atoms with Crippen molar-refractivity contribution in [2.24, 2.45) is 0 Å². The molecule has 1 aliphatic carbocycles. The standard InChI is InChI=1S/C12H14FNO3/c1-17-11-10(13)9(4-7-14-11)12(16)5-2-8(15)3-6-12/h4,7,16H,2-3,5-6H2,1H3. The van der Waals surface area contributed by atoms with Crippen LogP contribution in [0.2, 0.25) is 0 Å². The van der Waals surface area contributed by atoms with E-state index in [1.807, 2.05) is 0 Å². The Labute approximate surface area is 98.4 Å². The molecule has 0 aliphatic heterocycles. The van der Waals surface area contributed by atoms with Crippen LogP contribution in [0.15, 0.2) is 12.3 Å². The van der Waals surface area contributed by atoms with Crippen molar-refractivity contribution in [1.82, 2.24) is 4.98 Å². The highest BCUT2D eigenvalue weighted by Crippen LogP contribution is 2.38. The van der Waals surface area contributed by atoms with Crippen molar-refractivity contribution < 1.29 is 19.0 Å². The second-order valence-corrected chi connectivity index (χ2v) is 4.25. The molecule has 92 valence electrons. The summed E-state index contributed by atoms with van der Waals surface area (Å²) in [5.41, 5.74) is -1.12. The van der Waals surface area contributed by atoms with Gasteiger partial charge in [-0.05, 0) is 18.9 Å². The Hall–Kier alpha value is -1.49. The molecule has 2 rings (SSSR count). The molecule has 0 atom stereocenters. The summed E-state index contributed by atoms with van der Waals surface area (Å²) in [5, 5.41) is 10.4. The van der Waals surface area contributed by atoms with Gasteiger partial charge in [-0.1, -0.05) is 0 Å². The lowest BCUT2D eigenvalue weighted by molar-refractivity contribution is -0.125. The molecule has 0 saturated heterocycles. The number of hydrogen-bond donors (Lipinski definition) is 1. The van der Waals surface area contributed by atoms with Gasteiger partial charge in [0.25, 0.3) is 0 Å². The molecule has 0 aromatic carbocycles. The molecule has 0 amide bonds. The highest BCUT2D eigenvalue weighted by molar-refractivity contribution is 5.79. The van der Waals surface area contributed by atoms with E-state index in [4.69, 9.17) is 4.74 Å². The Morgan fingerprint density at radius 2 is 2.12 bits per heavy atom. The van der Waals surface area contributed by atoms with Crippen molar-refractivity contribution >= 4 is 5.78 Å². The van der Waals surface area contributed by atoms with Crippen molar-refractivity contribution in [3.8, 4) is 5.88 Å². The zero-order valence-corrected chi connectivity index (χ0v) is 9.57. The number of ketones is 1. The molecular weight excluding hydrogens is 225 g/mol. The third-order valence-corrected chi connectivity index (χ3v) is 3.19. The molecule has 0 bridgehead atoms. The number of nitrogens with zero attached hydrogens (tertiary/aromatic N) is 1. The second-order valence-electron chi connectivity index (χ2n) is 4.25. The number of rotatable bonds is 2. The first-order valence-electron chi connectivity index (χ1n) is 5.50. The van der Waals surface area contributed by atoms with Crippen molar-refractivity contribution in [2.75, 3.05) is 7.11 Å². The highest BCUT2D eigenvalue weighted by Gasteiger charge is 2.37. The van der Waals surface area contributed by atoms with Crippen molar-refractivity contribution in [3.05, 3.63) is 23.6 Å². The number of carbonyl (C=O) groups excluding carboxylic acids is 1. The van der Waals surface area contributed by atoms with Crippen molar-refractivity contribution in [2.45, 2.75) is 31.3 Å². The predicted octanol–water partition coefficient (Wildman–Crippen LogP) is 1.56. The summed E-state index contributed by atoms with van der Waals surface area (Å²) in [6.45, 7) is 0. The monoisotopic (exact) mass is 239 g/mol. The average Bonchev–Trinajstić information content (AvgIpc) is 2.33. The van der Waals surface area contributed by atoms with E-state index >= 15 is 0 Å². The summed E-state index contributed by atoms with van der Waals surface area (Å²) in [6, 6.07) is 1.44. The minimum Gasteiger partial charge on any atom is -0.479 e. The van der Waals surface area contributed by atoms with Gasteiger partial charge in [-0.25, -0.2) is 9.37 Å². The molecule has 1 N–H and O–H groups in total. The molecule has 17 heavy (non-hydrogen) atoms. The average molecular weight is 239 g/mol. The topological polar surface area (TPSA) is 59.4 Å². The molecule has 0 spiro atoms. The Kier molecular flexibility index (Phi) is 3.11. The van der Waals surface area contributed by atoms with Gasteiger partial charge in [0.05, 0.1) is 12.7 Å². The first-order chi connectivity index (χ1) is 8.07. The molecule has 1 fully saturated rings. The number of pyridine rings is 1. The molecule has 4 nitrogen and oxygen atoms in total. The molecular formula is C12H14FNO3. The zero-order valence-electron chi connectivity index (χ0n) is 9.57. The van der Waals surface area contributed by atoms with Gasteiger partial charge < -0.3 is 9.84 Å². The van der Waals surface area contributed by atoms with Crippen LogP contribution in [0, 0.1) is 5.82 Å². The molecule has 1 heterocycles. The van der Waals surface area contributed by atoms with E-state index in [0.717, 1.165) is 0 Å². The van der Waals surface area contributed by atoms with Gasteiger partial charge in [-0.2, -0.15) is 0 Å². The van der Waals surface area contributed by atoms with E-state index in [1.54, 1.807) is 0 Å². The largest absolute Gasteiger partial charge is 0.479 e. The molecule has 5 heteroatoms. The molecule has 1 aromatic heterocycles. The third kappa shape index (κ3) is 2.15. The van der Waals surface area contributed by atoms with Crippen molar-refractivity contribution in [3.63, 3.8) is 0 Å². The maximum Gasteiger partial charge on any atom is 0.250 e. The van der Waals surface area contributed by atoms with Crippen LogP contribution in [0.3, 0.4) is 0 Å². The number of methoxy groups -OCH3 is 1. The fraction of sp³-hybridized carbons (Fsp3) is 0.500. The first kappa shape index (κ1) is 12.0. The van der Waals surface area contributed by atoms with Gasteiger partial charge in [0.15, 0.2) is 5.82 Å². The summed E-state index contributed by atoms with van der Waals surface area (Å²) in [5.74, 6) is -0.671. The maximum absolute atomic E-state index is 14.0. The highest BCUT2D eigenvalue weighted by atomic mass is 19.1. The van der Waals surface area contributed by atoms with E-state index in [0.29, 0.717) is 0 Å². The Bertz CT molecular complexity index is 437. The zero-order chi connectivity index (χ0) is 12.5. The van der Waals surface area contributed by atoms with E-state index in [1.165, 1.54) is 19.4 Å². The Morgan fingerprint density at radius 1 is 1.47 bits per heavy atom. The number of ether oxygens (including phenoxy) is 1. The van der Waals surface area contributed by atoms with E-state index < -0.39 is 11.4 Å². The van der Waals surface area contributed by atoms with Crippen LogP contribution in [0.25, 0.3) is 0 Å². The fourth-order valence-electron chi connectivity index (χ4n) is 2.14. The van der Waals surface area contributed by atoms with Crippen LogP contribution in [0.5, 0.6) is 5.88 Å². The van der Waals surface area contributed by atoms with Crippen LogP contribution in [0.1, 0.15) is 31.2 Å². The third-order valence-electron chi connectivity index (χ3n) is 3.19. The van der Waals surface area contributed by atoms with Crippen LogP contribution in [-0.2, 0) is 10.4 Å². The number of carbonyl (C=O) groups is 1. The number of aromatic nitrogens is 1. The second kappa shape index (κ2) is 4.41. The van der Waals surface area contributed by atoms with Gasteiger partial charge in [-0.3, -0.25) is 4.79 Å². The lowest BCUT2D eigenvalue weighted by Gasteiger charge is -2.32. The molecule has 1 saturated carbocycles. The summed E-state index contributed by atoms with van der Waals surface area (Å²) >= 11 is 0. The predicted molar refractivity (Wildman–Crippen MR) is 58.1 cm³/mol. The van der Waals surface area contributed by atoms with Gasteiger partial charge in [0.1, 0.15) is 5.78 Å². The molecule has 0 radical (unpaired) electrons. The minimum atomic E-state index is -1.28. The Morgan fingerprint density at radius 3 is 2.71 bits per heavy atom. The van der Waals surface area contributed by atoms with Gasteiger partial charge in [0, 0.05) is 24.6 Å². The summed E-state index contributed by atoms with van der Waals surface area (Å²) in [7, 11) is 1.32. The summed E-state index contributed by atoms with van der Waals surface area (Å²) < 4.78 is 18.7.